The maximum absolute atomic E-state index is 11.3. The van der Waals surface area contributed by atoms with Gasteiger partial charge in [-0.2, -0.15) is 0 Å². The molecule has 0 unspecified atom stereocenters. The Hall–Kier alpha value is -5.20. The highest BCUT2D eigenvalue weighted by Crippen LogP contribution is 2.38. The Morgan fingerprint density at radius 3 is 1.95 bits per heavy atom. The predicted octanol–water partition coefficient (Wildman–Crippen LogP) is 7.17. The highest BCUT2D eigenvalue weighted by atomic mass is 32.1. The number of amides is 4. The normalized spacial score (nSPS) is 12.7. The van der Waals surface area contributed by atoms with Crippen molar-refractivity contribution in [2.24, 2.45) is 0 Å². The van der Waals surface area contributed by atoms with Crippen molar-refractivity contribution in [1.82, 2.24) is 40.4 Å². The molecule has 55 heavy (non-hydrogen) atoms. The van der Waals surface area contributed by atoms with Gasteiger partial charge in [-0.25, -0.2) is 14.8 Å². The number of benzene rings is 1. The summed E-state index contributed by atoms with van der Waals surface area (Å²) in [5.74, 6) is 6.13. The van der Waals surface area contributed by atoms with E-state index in [0.29, 0.717) is 0 Å². The summed E-state index contributed by atoms with van der Waals surface area (Å²) >= 11 is 3.52. The van der Waals surface area contributed by atoms with Crippen LogP contribution in [0.5, 0.6) is 0 Å². The number of ether oxygens (including phenoxy) is 1. The zero-order chi connectivity index (χ0) is 40.0. The Kier molecular flexibility index (Phi) is 19.5. The van der Waals surface area contributed by atoms with E-state index in [0.717, 1.165) is 73.5 Å². The molecule has 13 nitrogen and oxygen atoms in total. The van der Waals surface area contributed by atoms with Crippen molar-refractivity contribution in [1.29, 1.82) is 0 Å². The standard InChI is InChI=1S/C18H10N4S2.C8H14N2O3.C8H14N2O2.2C3H8/c1-4-14-15(22-10-21-14)5-11(1)16-7-18-17(24-16)6-13(23-18)3-2-12-8-19-9-20-12;1-13-8(12)9-6-7(11)10-4-2-3-5-10;1-7(11)9-6-8(12)10-4-2-3-5-10;2*1-3-2/h1,4-10H,(H,19,20)(H,21,22);2-6H2,1H3,(H,9,12);2-6H2,1H3,(H,9,11);2*3H2,1-2H3. The highest BCUT2D eigenvalue weighted by Gasteiger charge is 2.18. The number of imidazole rings is 2. The summed E-state index contributed by atoms with van der Waals surface area (Å²) < 4.78 is 6.89. The molecule has 0 spiro atoms. The van der Waals surface area contributed by atoms with Crippen LogP contribution in [0.2, 0.25) is 0 Å². The third-order valence-corrected chi connectivity index (χ3v) is 9.96. The van der Waals surface area contributed by atoms with E-state index in [9.17, 15) is 19.2 Å². The van der Waals surface area contributed by atoms with Crippen LogP contribution in [0.15, 0.2) is 49.2 Å². The van der Waals surface area contributed by atoms with E-state index in [-0.39, 0.29) is 30.8 Å². The van der Waals surface area contributed by atoms with Crippen LogP contribution in [0.4, 0.5) is 4.79 Å². The number of nitrogens with zero attached hydrogens (tertiary/aromatic N) is 4. The first-order valence-corrected chi connectivity index (χ1v) is 20.3. The van der Waals surface area contributed by atoms with Gasteiger partial charge in [0, 0.05) is 47.4 Å². The van der Waals surface area contributed by atoms with E-state index < -0.39 is 6.09 Å². The first kappa shape index (κ1) is 44.2. The Morgan fingerprint density at radius 2 is 1.40 bits per heavy atom. The molecule has 2 aliphatic heterocycles. The topological polar surface area (TPSA) is 165 Å². The molecule has 5 aromatic rings. The number of thiophene rings is 2. The number of aromatic nitrogens is 4. The summed E-state index contributed by atoms with van der Waals surface area (Å²) in [6.45, 7) is 13.4. The third kappa shape index (κ3) is 15.2. The van der Waals surface area contributed by atoms with E-state index in [1.807, 2.05) is 0 Å². The van der Waals surface area contributed by atoms with Crippen LogP contribution in [-0.4, -0.2) is 99.9 Å². The summed E-state index contributed by atoms with van der Waals surface area (Å²) in [5, 5.41) is 4.85. The van der Waals surface area contributed by atoms with Gasteiger partial charge in [0.1, 0.15) is 12.2 Å². The number of hydrogen-bond donors (Lipinski definition) is 4. The maximum Gasteiger partial charge on any atom is 0.407 e. The largest absolute Gasteiger partial charge is 0.453 e. The number of fused-ring (bicyclic) bond motifs is 2. The van der Waals surface area contributed by atoms with E-state index in [4.69, 9.17) is 0 Å². The lowest BCUT2D eigenvalue weighted by Crippen LogP contribution is -2.38. The van der Waals surface area contributed by atoms with Crippen molar-refractivity contribution < 1.29 is 23.9 Å². The van der Waals surface area contributed by atoms with Gasteiger partial charge in [0.05, 0.1) is 48.4 Å². The van der Waals surface area contributed by atoms with Crippen LogP contribution < -0.4 is 10.6 Å². The minimum absolute atomic E-state index is 0.0303. The second kappa shape index (κ2) is 24.3. The SMILES string of the molecule is C(#Cc1cc2sc(-c3ccc4nc[nH]c4c3)cc2s1)c1cnc[nH]1.CC(=O)NCC(=O)N1CCCC1.CCC.CCC.COC(=O)NCC(=O)N1CCCC1. The quantitative estimate of drug-likeness (QED) is 0.137. The van der Waals surface area contributed by atoms with E-state index in [2.05, 4.69) is 105 Å². The van der Waals surface area contributed by atoms with E-state index in [1.54, 1.807) is 51.3 Å². The Labute approximate surface area is 331 Å². The fourth-order valence-electron chi connectivity index (χ4n) is 5.16. The zero-order valence-corrected chi connectivity index (χ0v) is 34.4. The van der Waals surface area contributed by atoms with Gasteiger partial charge in [-0.05, 0) is 67.4 Å². The lowest BCUT2D eigenvalue weighted by atomic mass is 10.1. The monoisotopic (exact) mass is 790 g/mol. The molecule has 4 N–H and O–H groups in total. The average molecular weight is 791 g/mol. The molecule has 15 heteroatoms. The molecule has 0 aliphatic carbocycles. The molecule has 0 saturated carbocycles. The minimum Gasteiger partial charge on any atom is -0.453 e. The molecule has 0 atom stereocenters. The number of carbonyl (C=O) groups is 4. The molecule has 4 aromatic heterocycles. The van der Waals surface area contributed by atoms with Crippen molar-refractivity contribution in [3.63, 3.8) is 0 Å². The van der Waals surface area contributed by atoms with Crippen molar-refractivity contribution in [2.45, 2.75) is 73.1 Å². The van der Waals surface area contributed by atoms with Gasteiger partial charge in [0.25, 0.3) is 0 Å². The number of methoxy groups -OCH3 is 1. The van der Waals surface area contributed by atoms with Gasteiger partial charge in [-0.15, -0.1) is 22.7 Å². The lowest BCUT2D eigenvalue weighted by Gasteiger charge is -2.14. The van der Waals surface area contributed by atoms with E-state index in [1.165, 1.54) is 46.7 Å². The molecular weight excluding hydrogens is 737 g/mol. The van der Waals surface area contributed by atoms with Crippen molar-refractivity contribution in [3.05, 3.63) is 59.8 Å². The van der Waals surface area contributed by atoms with Crippen LogP contribution in [0, 0.1) is 11.8 Å². The molecule has 1 aromatic carbocycles. The van der Waals surface area contributed by atoms with Crippen LogP contribution in [0.25, 0.3) is 30.9 Å². The molecule has 4 amide bonds. The molecule has 0 radical (unpaired) electrons. The lowest BCUT2D eigenvalue weighted by molar-refractivity contribution is -0.131. The summed E-state index contributed by atoms with van der Waals surface area (Å²) in [6, 6.07) is 10.7. The number of H-pyrrole nitrogens is 2. The van der Waals surface area contributed by atoms with Crippen LogP contribution >= 0.6 is 22.7 Å². The fourth-order valence-corrected chi connectivity index (χ4v) is 7.40. The molecule has 7 rings (SSSR count). The molecule has 2 aliphatic rings. The molecule has 2 fully saturated rings. The second-order valence-electron chi connectivity index (χ2n) is 12.6. The third-order valence-electron chi connectivity index (χ3n) is 7.71. The van der Waals surface area contributed by atoms with Crippen LogP contribution in [0.1, 0.15) is 83.7 Å². The average Bonchev–Trinajstić information content (AvgIpc) is 4.03. The number of hydrogen-bond acceptors (Lipinski definition) is 9. The van der Waals surface area contributed by atoms with E-state index >= 15 is 0 Å². The van der Waals surface area contributed by atoms with Crippen LogP contribution in [0.3, 0.4) is 0 Å². The highest BCUT2D eigenvalue weighted by molar-refractivity contribution is 7.29. The number of alkyl carbamates (subject to hydrolysis) is 1. The first-order chi connectivity index (χ1) is 26.6. The summed E-state index contributed by atoms with van der Waals surface area (Å²) in [7, 11) is 1.27. The summed E-state index contributed by atoms with van der Waals surface area (Å²) in [6.07, 6.45) is 11.3. The second-order valence-corrected chi connectivity index (χ2v) is 14.8. The Morgan fingerprint density at radius 1 is 0.800 bits per heavy atom. The van der Waals surface area contributed by atoms with Gasteiger partial charge in [0.2, 0.25) is 17.7 Å². The van der Waals surface area contributed by atoms with Crippen molar-refractivity contribution in [3.8, 4) is 22.3 Å². The molecule has 296 valence electrons. The number of rotatable bonds is 5. The first-order valence-electron chi connectivity index (χ1n) is 18.7. The fraction of sp³-hybridized carbons (Fsp3) is 0.450. The van der Waals surface area contributed by atoms with Crippen LogP contribution in [-0.2, 0) is 19.1 Å². The van der Waals surface area contributed by atoms with Gasteiger partial charge in [-0.3, -0.25) is 14.4 Å². The van der Waals surface area contributed by atoms with Gasteiger partial charge >= 0.3 is 6.09 Å². The summed E-state index contributed by atoms with van der Waals surface area (Å²) in [5.41, 5.74) is 4.11. The molecule has 6 heterocycles. The van der Waals surface area contributed by atoms with Gasteiger partial charge in [-0.1, -0.05) is 46.6 Å². The number of aromatic amines is 2. The predicted molar refractivity (Wildman–Crippen MR) is 222 cm³/mol. The zero-order valence-electron chi connectivity index (χ0n) is 32.8. The van der Waals surface area contributed by atoms with Crippen molar-refractivity contribution in [2.75, 3.05) is 46.4 Å². The molecular formula is C40H54N8O5S2. The van der Waals surface area contributed by atoms with Gasteiger partial charge < -0.3 is 35.1 Å². The minimum atomic E-state index is -0.562. The number of carbonyl (C=O) groups excluding carboxylic acids is 4. The van der Waals surface area contributed by atoms with Gasteiger partial charge in [0.15, 0.2) is 0 Å². The molecule has 2 saturated heterocycles. The maximum atomic E-state index is 11.3. The Balaban J connectivity index is 0.000000224. The Bertz CT molecular complexity index is 1940. The number of likely N-dealkylation sites (tertiary alicyclic amines) is 2. The smallest absolute Gasteiger partial charge is 0.407 e. The van der Waals surface area contributed by atoms with Crippen molar-refractivity contribution >= 4 is 66.9 Å². The summed E-state index contributed by atoms with van der Waals surface area (Å²) in [4.78, 5) is 64.0. The number of nitrogens with one attached hydrogen (secondary N) is 4. The molecule has 0 bridgehead atoms.